The molecule has 3 N–H and O–H groups in total. The third kappa shape index (κ3) is 5.20. The molecule has 0 saturated heterocycles. The summed E-state index contributed by atoms with van der Waals surface area (Å²) >= 11 is 5.24. The van der Waals surface area contributed by atoms with Crippen LogP contribution in [0.15, 0.2) is 54.9 Å². The predicted molar refractivity (Wildman–Crippen MR) is 140 cm³/mol. The number of nitrogens with zero attached hydrogens (tertiary/aromatic N) is 4. The number of ether oxygens (including phenoxy) is 1. The van der Waals surface area contributed by atoms with E-state index in [1.54, 1.807) is 6.07 Å². The summed E-state index contributed by atoms with van der Waals surface area (Å²) in [5, 5.41) is 8.23. The fourth-order valence-corrected chi connectivity index (χ4v) is 4.71. The number of carbonyl (C=O) groups is 1. The molecule has 1 aliphatic rings. The summed E-state index contributed by atoms with van der Waals surface area (Å²) in [7, 11) is 0. The Hall–Kier alpha value is -4.16. The number of amides is 1. The first-order valence-corrected chi connectivity index (χ1v) is 12.3. The highest BCUT2D eigenvalue weighted by atomic mass is 35.5. The molecule has 0 spiro atoms. The van der Waals surface area contributed by atoms with Gasteiger partial charge < -0.3 is 15.8 Å². The molecule has 188 valence electrons. The van der Waals surface area contributed by atoms with Crippen molar-refractivity contribution in [3.8, 4) is 35.1 Å². The highest BCUT2D eigenvalue weighted by molar-refractivity contribution is 6.29. The van der Waals surface area contributed by atoms with Crippen molar-refractivity contribution >= 4 is 34.4 Å². The summed E-state index contributed by atoms with van der Waals surface area (Å²) in [6.45, 7) is 0. The van der Waals surface area contributed by atoms with Crippen LogP contribution in [0.2, 0.25) is 0 Å². The molecule has 1 atom stereocenters. The summed E-state index contributed by atoms with van der Waals surface area (Å²) in [5.74, 6) is 3.44. The first-order chi connectivity index (χ1) is 17.9. The number of fused-ring (bicyclic) bond motifs is 1. The van der Waals surface area contributed by atoms with E-state index in [1.165, 1.54) is 6.33 Å². The van der Waals surface area contributed by atoms with Gasteiger partial charge in [-0.25, -0.2) is 19.0 Å². The third-order valence-electron chi connectivity index (χ3n) is 6.47. The maximum atomic E-state index is 13.0. The number of alkyl halides is 2. The fraction of sp³-hybridized carbons (Fsp3) is 0.259. The number of aromatic nitrogens is 4. The van der Waals surface area contributed by atoms with Crippen LogP contribution < -0.4 is 15.8 Å². The van der Waals surface area contributed by atoms with Crippen LogP contribution >= 0.6 is 11.6 Å². The number of hydrogen-bond acceptors (Lipinski definition) is 6. The van der Waals surface area contributed by atoms with Gasteiger partial charge >= 0.3 is 0 Å². The number of benzene rings is 2. The number of nitrogens with two attached hydrogens (primary N) is 1. The number of anilines is 1. The summed E-state index contributed by atoms with van der Waals surface area (Å²) in [6, 6.07) is 14.8. The van der Waals surface area contributed by atoms with Crippen molar-refractivity contribution in [1.82, 2.24) is 25.1 Å². The zero-order valence-electron chi connectivity index (χ0n) is 19.8. The van der Waals surface area contributed by atoms with Crippen LogP contribution in [0.5, 0.6) is 11.5 Å². The minimum Gasteiger partial charge on any atom is -0.457 e. The molecule has 5 rings (SSSR count). The SMILES string of the molecule is C#Cc1cccc(Oc2ccc(-c3nn(C4CCC(NC(=O)C(F)Cl)CC4)c4ncnc(N)c34)cc2)c1. The average Bonchev–Trinajstić information content (AvgIpc) is 3.30. The van der Waals surface area contributed by atoms with E-state index in [9.17, 15) is 9.18 Å². The van der Waals surface area contributed by atoms with Crippen molar-refractivity contribution in [2.24, 2.45) is 0 Å². The molecular formula is C27H24ClFN6O2. The molecule has 1 saturated carbocycles. The van der Waals surface area contributed by atoms with E-state index in [-0.39, 0.29) is 12.1 Å². The van der Waals surface area contributed by atoms with Crippen LogP contribution in [0.25, 0.3) is 22.3 Å². The zero-order valence-corrected chi connectivity index (χ0v) is 20.5. The standard InChI is InChI=1S/C27H24ClFN6O2/c1-2-16-4-3-5-21(14-16)37-20-12-6-17(7-13-20)23-22-25(30)31-15-32-26(22)35(34-23)19-10-8-18(9-11-19)33-27(36)24(28)29/h1,3-7,12-15,18-19,24H,8-11H2,(H,33,36)(H2,30,31,32). The number of carbonyl (C=O) groups excluding carboxylic acids is 1. The second-order valence-electron chi connectivity index (χ2n) is 8.86. The van der Waals surface area contributed by atoms with E-state index < -0.39 is 11.5 Å². The highest BCUT2D eigenvalue weighted by Crippen LogP contribution is 2.36. The van der Waals surface area contributed by atoms with Gasteiger partial charge in [-0.3, -0.25) is 4.79 Å². The second-order valence-corrected chi connectivity index (χ2v) is 9.25. The average molecular weight is 519 g/mol. The van der Waals surface area contributed by atoms with Crippen LogP contribution in [0, 0.1) is 12.3 Å². The van der Waals surface area contributed by atoms with Crippen LogP contribution in [0.3, 0.4) is 0 Å². The Morgan fingerprint density at radius 2 is 1.92 bits per heavy atom. The van der Waals surface area contributed by atoms with Gasteiger partial charge in [0.05, 0.1) is 11.4 Å². The first kappa shape index (κ1) is 24.5. The lowest BCUT2D eigenvalue weighted by atomic mass is 9.91. The van der Waals surface area contributed by atoms with Crippen LogP contribution in [-0.2, 0) is 4.79 Å². The highest BCUT2D eigenvalue weighted by Gasteiger charge is 2.28. The molecule has 2 aromatic carbocycles. The van der Waals surface area contributed by atoms with E-state index in [0.29, 0.717) is 46.9 Å². The van der Waals surface area contributed by atoms with E-state index in [2.05, 4.69) is 21.2 Å². The van der Waals surface area contributed by atoms with Crippen molar-refractivity contribution in [2.75, 3.05) is 5.73 Å². The second kappa shape index (κ2) is 10.4. The van der Waals surface area contributed by atoms with Crippen LogP contribution in [-0.4, -0.2) is 37.3 Å². The molecule has 1 aliphatic carbocycles. The quantitative estimate of drug-likeness (QED) is 0.275. The molecule has 0 bridgehead atoms. The van der Waals surface area contributed by atoms with Gasteiger partial charge in [-0.05, 0) is 68.1 Å². The van der Waals surface area contributed by atoms with Gasteiger partial charge in [-0.1, -0.05) is 23.6 Å². The van der Waals surface area contributed by atoms with Gasteiger partial charge in [0, 0.05) is 17.2 Å². The Balaban J connectivity index is 1.39. The molecule has 8 nitrogen and oxygen atoms in total. The van der Waals surface area contributed by atoms with Crippen molar-refractivity contribution < 1.29 is 13.9 Å². The maximum absolute atomic E-state index is 13.0. The minimum absolute atomic E-state index is 0.0434. The zero-order chi connectivity index (χ0) is 25.9. The summed E-state index contributed by atoms with van der Waals surface area (Å²) in [4.78, 5) is 20.3. The normalized spacial score (nSPS) is 18.2. The van der Waals surface area contributed by atoms with Gasteiger partial charge in [-0.2, -0.15) is 5.10 Å². The molecule has 2 heterocycles. The Bertz CT molecular complexity index is 1470. The minimum atomic E-state index is -2.04. The Labute approximate surface area is 218 Å². The largest absolute Gasteiger partial charge is 0.457 e. The van der Waals surface area contributed by atoms with Gasteiger partial charge in [0.15, 0.2) is 5.65 Å². The number of nitrogen functional groups attached to an aromatic ring is 1. The molecule has 10 heteroatoms. The predicted octanol–water partition coefficient (Wildman–Crippen LogP) is 4.98. The lowest BCUT2D eigenvalue weighted by Gasteiger charge is -2.29. The van der Waals surface area contributed by atoms with Crippen LogP contribution in [0.4, 0.5) is 10.2 Å². The molecule has 4 aromatic rings. The van der Waals surface area contributed by atoms with Gasteiger partial charge in [-0.15, -0.1) is 6.42 Å². The first-order valence-electron chi connectivity index (χ1n) is 11.8. The maximum Gasteiger partial charge on any atom is 0.270 e. The Kier molecular flexibility index (Phi) is 6.93. The van der Waals surface area contributed by atoms with E-state index in [0.717, 1.165) is 24.0 Å². The molecule has 0 aliphatic heterocycles. The number of nitrogens with one attached hydrogen (secondary N) is 1. The molecule has 0 radical (unpaired) electrons. The van der Waals surface area contributed by atoms with E-state index >= 15 is 0 Å². The Morgan fingerprint density at radius 1 is 1.16 bits per heavy atom. The van der Waals surface area contributed by atoms with E-state index in [1.807, 2.05) is 47.1 Å². The number of terminal acetylenes is 1. The third-order valence-corrected chi connectivity index (χ3v) is 6.67. The van der Waals surface area contributed by atoms with Gasteiger partial charge in [0.25, 0.3) is 11.5 Å². The lowest BCUT2D eigenvalue weighted by Crippen LogP contribution is -2.40. The van der Waals surface area contributed by atoms with Crippen molar-refractivity contribution in [3.05, 3.63) is 60.4 Å². The lowest BCUT2D eigenvalue weighted by molar-refractivity contribution is -0.124. The number of halogens is 2. The molecule has 37 heavy (non-hydrogen) atoms. The summed E-state index contributed by atoms with van der Waals surface area (Å²) in [6.07, 6.45) is 9.70. The molecular weight excluding hydrogens is 495 g/mol. The van der Waals surface area contributed by atoms with Gasteiger partial charge in [0.1, 0.15) is 29.3 Å². The number of rotatable bonds is 6. The summed E-state index contributed by atoms with van der Waals surface area (Å²) < 4.78 is 20.9. The molecule has 1 unspecified atom stereocenters. The Morgan fingerprint density at radius 3 is 2.62 bits per heavy atom. The fourth-order valence-electron chi connectivity index (χ4n) is 4.65. The smallest absolute Gasteiger partial charge is 0.270 e. The van der Waals surface area contributed by atoms with Crippen molar-refractivity contribution in [3.63, 3.8) is 0 Å². The van der Waals surface area contributed by atoms with E-state index in [4.69, 9.17) is 33.6 Å². The topological polar surface area (TPSA) is 108 Å². The number of hydrogen-bond donors (Lipinski definition) is 2. The van der Waals surface area contributed by atoms with Crippen molar-refractivity contribution in [1.29, 1.82) is 0 Å². The molecule has 1 fully saturated rings. The monoisotopic (exact) mass is 518 g/mol. The van der Waals surface area contributed by atoms with Gasteiger partial charge in [0.2, 0.25) is 0 Å². The molecule has 2 aromatic heterocycles. The molecule has 1 amide bonds. The van der Waals surface area contributed by atoms with Crippen LogP contribution in [0.1, 0.15) is 37.3 Å². The summed E-state index contributed by atoms with van der Waals surface area (Å²) in [5.41, 5.74) is 7.12. The van der Waals surface area contributed by atoms with Crippen molar-refractivity contribution in [2.45, 2.75) is 43.4 Å².